The molecule has 0 radical (unpaired) electrons. The molecule has 2 fully saturated rings. The van der Waals surface area contributed by atoms with Gasteiger partial charge >= 0.3 is 0 Å². The van der Waals surface area contributed by atoms with E-state index in [1.807, 2.05) is 6.07 Å². The molecular weight excluding hydrogens is 430 g/mol. The molecule has 4 heterocycles. The molecule has 1 aromatic heterocycles. The molecule has 0 aromatic carbocycles. The quantitative estimate of drug-likeness (QED) is 0.737. The van der Waals surface area contributed by atoms with Gasteiger partial charge in [-0.25, -0.2) is 18.1 Å². The number of hydrogen-bond donors (Lipinski definition) is 1. The lowest BCUT2D eigenvalue weighted by Gasteiger charge is -2.42. The molecule has 1 aromatic rings. The number of aryl methyl sites for hydroxylation is 1. The van der Waals surface area contributed by atoms with Crippen LogP contribution in [0.15, 0.2) is 12.3 Å². The molecule has 1 unspecified atom stereocenters. The van der Waals surface area contributed by atoms with Crippen molar-refractivity contribution in [2.45, 2.75) is 88.7 Å². The second kappa shape index (κ2) is 9.65. The number of carbonyl (C=O) groups excluding carboxylic acids is 1. The number of sulfonamides is 1. The average Bonchev–Trinajstić information content (AvgIpc) is 2.77. The Hall–Kier alpha value is -1.71. The van der Waals surface area contributed by atoms with Crippen LogP contribution in [0.5, 0.6) is 5.88 Å². The predicted octanol–water partition coefficient (Wildman–Crippen LogP) is 2.51. The first-order valence-electron chi connectivity index (χ1n) is 11.8. The van der Waals surface area contributed by atoms with Crippen molar-refractivity contribution in [2.24, 2.45) is 0 Å². The van der Waals surface area contributed by atoms with Crippen LogP contribution < -0.4 is 9.46 Å². The molecule has 8 nitrogen and oxygen atoms in total. The lowest BCUT2D eigenvalue weighted by Crippen LogP contribution is -2.60. The van der Waals surface area contributed by atoms with Crippen LogP contribution in [0.1, 0.15) is 69.4 Å². The Bertz CT molecular complexity index is 928. The zero-order valence-corrected chi connectivity index (χ0v) is 20.1. The number of amides is 1. The smallest absolute Gasteiger partial charge is 0.260 e. The molecule has 1 saturated heterocycles. The summed E-state index contributed by atoms with van der Waals surface area (Å²) in [5.74, 6) is 0.739. The monoisotopic (exact) mass is 465 g/mol. The summed E-state index contributed by atoms with van der Waals surface area (Å²) in [6, 6.07) is 1.28. The molecule has 32 heavy (non-hydrogen) atoms. The van der Waals surface area contributed by atoms with E-state index in [1.165, 1.54) is 0 Å². The number of hydrogen-bond acceptors (Lipinski definition) is 6. The highest BCUT2D eigenvalue weighted by Gasteiger charge is 2.39. The van der Waals surface area contributed by atoms with E-state index in [1.54, 1.807) is 24.9 Å². The highest BCUT2D eigenvalue weighted by atomic mass is 32.2. The van der Waals surface area contributed by atoms with Crippen molar-refractivity contribution >= 4 is 15.9 Å². The summed E-state index contributed by atoms with van der Waals surface area (Å²) in [7, 11) is -3.46. The molecule has 2 atom stereocenters. The van der Waals surface area contributed by atoms with E-state index in [4.69, 9.17) is 9.47 Å². The first-order valence-corrected chi connectivity index (χ1v) is 13.3. The lowest BCUT2D eigenvalue weighted by atomic mass is 9.81. The molecule has 1 N–H and O–H groups in total. The number of nitrogens with one attached hydrogen (secondary N) is 1. The van der Waals surface area contributed by atoms with Gasteiger partial charge in [0, 0.05) is 24.3 Å². The van der Waals surface area contributed by atoms with Gasteiger partial charge in [0.15, 0.2) is 6.61 Å². The Kier molecular flexibility index (Phi) is 7.07. The summed E-state index contributed by atoms with van der Waals surface area (Å²) < 4.78 is 40.3. The maximum Gasteiger partial charge on any atom is 0.260 e. The number of nitrogens with zero attached hydrogens (tertiary/aromatic N) is 2. The van der Waals surface area contributed by atoms with Gasteiger partial charge in [-0.3, -0.25) is 4.79 Å². The van der Waals surface area contributed by atoms with E-state index in [9.17, 15) is 13.2 Å². The Morgan fingerprint density at radius 2 is 1.94 bits per heavy atom. The van der Waals surface area contributed by atoms with E-state index in [-0.39, 0.29) is 30.7 Å². The van der Waals surface area contributed by atoms with Crippen LogP contribution in [-0.4, -0.2) is 67.4 Å². The fraction of sp³-hybridized carbons (Fsp3) is 0.739. The average molecular weight is 466 g/mol. The second-order valence-electron chi connectivity index (χ2n) is 9.56. The highest BCUT2D eigenvalue weighted by molar-refractivity contribution is 7.90. The van der Waals surface area contributed by atoms with E-state index in [0.29, 0.717) is 31.4 Å². The first-order chi connectivity index (χ1) is 15.3. The Morgan fingerprint density at radius 3 is 2.66 bits per heavy atom. The van der Waals surface area contributed by atoms with E-state index in [0.717, 1.165) is 43.2 Å². The van der Waals surface area contributed by atoms with Gasteiger partial charge in [-0.2, -0.15) is 0 Å². The third kappa shape index (κ3) is 4.94. The van der Waals surface area contributed by atoms with E-state index >= 15 is 0 Å². The van der Waals surface area contributed by atoms with Gasteiger partial charge in [-0.15, -0.1) is 0 Å². The molecule has 0 spiro atoms. The van der Waals surface area contributed by atoms with Crippen LogP contribution in [0.3, 0.4) is 0 Å². The Balaban J connectivity index is 1.62. The fourth-order valence-corrected chi connectivity index (χ4v) is 6.15. The van der Waals surface area contributed by atoms with Gasteiger partial charge in [0.1, 0.15) is 0 Å². The van der Waals surface area contributed by atoms with Crippen molar-refractivity contribution in [3.8, 4) is 5.88 Å². The van der Waals surface area contributed by atoms with Crippen LogP contribution in [-0.2, 0) is 19.6 Å². The molecule has 5 rings (SSSR count). The fourth-order valence-electron chi connectivity index (χ4n) is 5.18. The van der Waals surface area contributed by atoms with E-state index < -0.39 is 15.3 Å². The van der Waals surface area contributed by atoms with Crippen LogP contribution in [0.4, 0.5) is 0 Å². The largest absolute Gasteiger partial charge is 0.467 e. The summed E-state index contributed by atoms with van der Waals surface area (Å²) >= 11 is 0. The van der Waals surface area contributed by atoms with Crippen LogP contribution in [0, 0.1) is 6.92 Å². The molecule has 1 amide bonds. The van der Waals surface area contributed by atoms with E-state index in [2.05, 4.69) is 16.6 Å². The molecule has 2 bridgehead atoms. The van der Waals surface area contributed by atoms with Gasteiger partial charge in [0.25, 0.3) is 5.91 Å². The van der Waals surface area contributed by atoms with Gasteiger partial charge in [0.2, 0.25) is 15.9 Å². The van der Waals surface area contributed by atoms with Gasteiger partial charge in [0.05, 0.1) is 24.0 Å². The van der Waals surface area contributed by atoms with Crippen LogP contribution in [0.25, 0.3) is 0 Å². The topological polar surface area (TPSA) is 97.8 Å². The number of carbonyl (C=O) groups is 1. The molecule has 1 saturated carbocycles. The van der Waals surface area contributed by atoms with Gasteiger partial charge < -0.3 is 14.4 Å². The van der Waals surface area contributed by atoms with Gasteiger partial charge in [-0.1, -0.05) is 0 Å². The summed E-state index contributed by atoms with van der Waals surface area (Å²) in [5, 5.41) is -0.534. The third-order valence-corrected chi connectivity index (χ3v) is 9.00. The zero-order chi connectivity index (χ0) is 22.9. The summed E-state index contributed by atoms with van der Waals surface area (Å²) in [5.41, 5.74) is 2.25. The summed E-state index contributed by atoms with van der Waals surface area (Å²) in [4.78, 5) is 19.4. The Morgan fingerprint density at radius 1 is 1.19 bits per heavy atom. The zero-order valence-electron chi connectivity index (χ0n) is 19.2. The maximum atomic E-state index is 13.2. The van der Waals surface area contributed by atoms with Crippen LogP contribution >= 0.6 is 0 Å². The number of rotatable bonds is 3. The number of aromatic nitrogens is 1. The van der Waals surface area contributed by atoms with Crippen molar-refractivity contribution < 1.29 is 22.7 Å². The van der Waals surface area contributed by atoms with Gasteiger partial charge in [-0.05, 0) is 76.8 Å². The SMILES string of the molecule is Cc1ccnc2c1C1CCC(CC1)OCC1[C@@H](NS(=O)(=O)C(C)C)CCCN1C(=O)CO2. The van der Waals surface area contributed by atoms with Crippen molar-refractivity contribution in [1.82, 2.24) is 14.6 Å². The first kappa shape index (κ1) is 23.4. The number of piperidine rings is 1. The number of fused-ring (bicyclic) bond motifs is 5. The summed E-state index contributed by atoms with van der Waals surface area (Å²) in [6.45, 7) is 6.17. The normalized spacial score (nSPS) is 29.4. The predicted molar refractivity (Wildman–Crippen MR) is 121 cm³/mol. The van der Waals surface area contributed by atoms with Crippen molar-refractivity contribution in [2.75, 3.05) is 19.8 Å². The highest BCUT2D eigenvalue weighted by Crippen LogP contribution is 2.39. The number of ether oxygens (including phenoxy) is 2. The van der Waals surface area contributed by atoms with Crippen molar-refractivity contribution in [3.63, 3.8) is 0 Å². The summed E-state index contributed by atoms with van der Waals surface area (Å²) in [6.07, 6.45) is 7.09. The van der Waals surface area contributed by atoms with Crippen molar-refractivity contribution in [3.05, 3.63) is 23.4 Å². The molecule has 1 aliphatic carbocycles. The standard InChI is InChI=1S/C23H35N3O5S/c1-15(2)32(28,29)25-19-5-4-12-26-20(19)13-30-18-8-6-17(7-9-18)22-16(3)10-11-24-23(22)31-14-21(26)27/h10-11,15,17-20,25H,4-9,12-14H2,1-3H3/t17?,18?,19-,20?/m0/s1. The molecule has 178 valence electrons. The number of pyridine rings is 1. The van der Waals surface area contributed by atoms with Crippen molar-refractivity contribution in [1.29, 1.82) is 0 Å². The molecule has 9 heteroatoms. The minimum Gasteiger partial charge on any atom is -0.467 e. The minimum absolute atomic E-state index is 0.111. The molecular formula is C23H35N3O5S. The lowest BCUT2D eigenvalue weighted by molar-refractivity contribution is -0.140. The molecule has 3 aliphatic heterocycles. The second-order valence-corrected chi connectivity index (χ2v) is 11.8. The molecule has 4 aliphatic rings. The minimum atomic E-state index is -3.46. The third-order valence-electron chi connectivity index (χ3n) is 7.12. The Labute approximate surface area is 191 Å². The van der Waals surface area contributed by atoms with Crippen LogP contribution in [0.2, 0.25) is 0 Å². The maximum absolute atomic E-state index is 13.2.